The Morgan fingerprint density at radius 1 is 0.926 bits per heavy atom. The van der Waals surface area contributed by atoms with Gasteiger partial charge in [0.2, 0.25) is 0 Å². The summed E-state index contributed by atoms with van der Waals surface area (Å²) >= 11 is 13.8. The van der Waals surface area contributed by atoms with Gasteiger partial charge in [-0.15, -0.1) is 11.8 Å². The minimum Gasteiger partial charge on any atom is -0.493 e. The van der Waals surface area contributed by atoms with E-state index in [9.17, 15) is 4.79 Å². The average Bonchev–Trinajstić information content (AvgIpc) is 2.70. The Hall–Kier alpha value is -2.14. The number of thioether (sulfide) groups is 1. The minimum atomic E-state index is -0.259. The van der Waals surface area contributed by atoms with E-state index in [0.717, 1.165) is 11.5 Å². The van der Waals surface area contributed by atoms with Crippen LogP contribution in [0.1, 0.15) is 10.4 Å². The van der Waals surface area contributed by atoms with Crippen LogP contribution in [0.25, 0.3) is 0 Å². The SMILES string of the molecule is O=C(Nc1cccc(Cl)c1Cl)c1ccc(OCCSc2ccccc2)cc1. The maximum atomic E-state index is 12.3. The van der Waals surface area contributed by atoms with Gasteiger partial charge in [0.1, 0.15) is 5.75 Å². The molecule has 0 aromatic heterocycles. The predicted molar refractivity (Wildman–Crippen MR) is 114 cm³/mol. The van der Waals surface area contributed by atoms with E-state index in [1.807, 2.05) is 18.2 Å². The summed E-state index contributed by atoms with van der Waals surface area (Å²) in [5.74, 6) is 1.31. The number of hydrogen-bond acceptors (Lipinski definition) is 3. The van der Waals surface area contributed by atoms with Gasteiger partial charge in [-0.25, -0.2) is 0 Å². The number of hydrogen-bond donors (Lipinski definition) is 1. The Kier molecular flexibility index (Phi) is 7.04. The first-order chi connectivity index (χ1) is 13.1. The van der Waals surface area contributed by atoms with Crippen LogP contribution in [0, 0.1) is 0 Å². The predicted octanol–water partition coefficient (Wildman–Crippen LogP) is 6.42. The Labute approximate surface area is 172 Å². The standard InChI is InChI=1S/C21H17Cl2NO2S/c22-18-7-4-8-19(20(18)23)24-21(25)15-9-11-16(12-10-15)26-13-14-27-17-5-2-1-3-6-17/h1-12H,13-14H2,(H,24,25). The topological polar surface area (TPSA) is 38.3 Å². The highest BCUT2D eigenvalue weighted by atomic mass is 35.5. The lowest BCUT2D eigenvalue weighted by molar-refractivity contribution is 0.102. The highest BCUT2D eigenvalue weighted by molar-refractivity contribution is 7.99. The lowest BCUT2D eigenvalue weighted by Gasteiger charge is -2.09. The van der Waals surface area contributed by atoms with E-state index in [0.29, 0.717) is 27.9 Å². The molecule has 0 saturated carbocycles. The third-order valence-corrected chi connectivity index (χ3v) is 5.48. The molecule has 0 heterocycles. The van der Waals surface area contributed by atoms with Crippen LogP contribution in [-0.4, -0.2) is 18.3 Å². The van der Waals surface area contributed by atoms with Crippen LogP contribution in [0.3, 0.4) is 0 Å². The number of carbonyl (C=O) groups is 1. The van der Waals surface area contributed by atoms with E-state index in [-0.39, 0.29) is 5.91 Å². The Bertz CT molecular complexity index is 902. The van der Waals surface area contributed by atoms with Gasteiger partial charge >= 0.3 is 0 Å². The molecule has 3 rings (SSSR count). The molecule has 0 aliphatic carbocycles. The molecule has 3 nitrogen and oxygen atoms in total. The molecule has 138 valence electrons. The van der Waals surface area contributed by atoms with Crippen LogP contribution in [0.2, 0.25) is 10.0 Å². The first kappa shape index (κ1) is 19.6. The molecule has 0 aliphatic heterocycles. The van der Waals surface area contributed by atoms with E-state index in [1.165, 1.54) is 4.90 Å². The quantitative estimate of drug-likeness (QED) is 0.356. The van der Waals surface area contributed by atoms with E-state index >= 15 is 0 Å². The maximum absolute atomic E-state index is 12.3. The van der Waals surface area contributed by atoms with Crippen molar-refractivity contribution in [2.24, 2.45) is 0 Å². The fraction of sp³-hybridized carbons (Fsp3) is 0.0952. The second-order valence-electron chi connectivity index (χ2n) is 5.59. The third-order valence-electron chi connectivity index (χ3n) is 3.68. The number of benzene rings is 3. The first-order valence-corrected chi connectivity index (χ1v) is 10.0. The molecule has 0 unspecified atom stereocenters. The number of rotatable bonds is 7. The smallest absolute Gasteiger partial charge is 0.255 e. The summed E-state index contributed by atoms with van der Waals surface area (Å²) in [5.41, 5.74) is 0.990. The van der Waals surface area contributed by atoms with E-state index in [2.05, 4.69) is 17.4 Å². The van der Waals surface area contributed by atoms with Crippen LogP contribution in [0.5, 0.6) is 5.75 Å². The highest BCUT2D eigenvalue weighted by Gasteiger charge is 2.10. The van der Waals surface area contributed by atoms with Crippen molar-refractivity contribution in [1.29, 1.82) is 0 Å². The molecule has 6 heteroatoms. The van der Waals surface area contributed by atoms with Gasteiger partial charge in [-0.3, -0.25) is 4.79 Å². The molecule has 0 aliphatic rings. The maximum Gasteiger partial charge on any atom is 0.255 e. The van der Waals surface area contributed by atoms with Crippen molar-refractivity contribution in [2.45, 2.75) is 4.90 Å². The lowest BCUT2D eigenvalue weighted by Crippen LogP contribution is -2.12. The molecular formula is C21H17Cl2NO2S. The van der Waals surface area contributed by atoms with E-state index in [1.54, 1.807) is 54.2 Å². The summed E-state index contributed by atoms with van der Waals surface area (Å²) in [4.78, 5) is 13.6. The summed E-state index contributed by atoms with van der Waals surface area (Å²) in [6, 6.07) is 22.3. The number of nitrogens with one attached hydrogen (secondary N) is 1. The Morgan fingerprint density at radius 2 is 1.67 bits per heavy atom. The van der Waals surface area contributed by atoms with Crippen molar-refractivity contribution in [3.8, 4) is 5.75 Å². The zero-order valence-electron chi connectivity index (χ0n) is 14.3. The molecule has 0 spiro atoms. The summed E-state index contributed by atoms with van der Waals surface area (Å²) < 4.78 is 5.72. The molecule has 0 bridgehead atoms. The minimum absolute atomic E-state index is 0.259. The number of carbonyl (C=O) groups excluding carboxylic acids is 1. The number of ether oxygens (including phenoxy) is 1. The Balaban J connectivity index is 1.50. The summed E-state index contributed by atoms with van der Waals surface area (Å²) in [7, 11) is 0. The van der Waals surface area contributed by atoms with Crippen molar-refractivity contribution < 1.29 is 9.53 Å². The van der Waals surface area contributed by atoms with Crippen LogP contribution in [0.15, 0.2) is 77.7 Å². The van der Waals surface area contributed by atoms with Gasteiger partial charge in [0.05, 0.1) is 22.3 Å². The van der Waals surface area contributed by atoms with E-state index < -0.39 is 0 Å². The zero-order chi connectivity index (χ0) is 19.1. The van der Waals surface area contributed by atoms with Gasteiger partial charge in [-0.2, -0.15) is 0 Å². The van der Waals surface area contributed by atoms with Crippen molar-refractivity contribution in [3.63, 3.8) is 0 Å². The average molecular weight is 418 g/mol. The van der Waals surface area contributed by atoms with Gasteiger partial charge in [0, 0.05) is 16.2 Å². The Morgan fingerprint density at radius 3 is 2.41 bits per heavy atom. The monoisotopic (exact) mass is 417 g/mol. The van der Waals surface area contributed by atoms with Gasteiger partial charge in [0.15, 0.2) is 0 Å². The normalized spacial score (nSPS) is 10.4. The van der Waals surface area contributed by atoms with Gasteiger partial charge in [0.25, 0.3) is 5.91 Å². The van der Waals surface area contributed by atoms with Crippen molar-refractivity contribution >= 4 is 46.6 Å². The number of anilines is 1. The van der Waals surface area contributed by atoms with Gasteiger partial charge < -0.3 is 10.1 Å². The van der Waals surface area contributed by atoms with Crippen LogP contribution in [-0.2, 0) is 0 Å². The molecule has 3 aromatic carbocycles. The summed E-state index contributed by atoms with van der Waals surface area (Å²) in [6.45, 7) is 0.587. The summed E-state index contributed by atoms with van der Waals surface area (Å²) in [5, 5.41) is 3.48. The molecule has 27 heavy (non-hydrogen) atoms. The van der Waals surface area contributed by atoms with Crippen molar-refractivity contribution in [2.75, 3.05) is 17.7 Å². The molecule has 0 fully saturated rings. The van der Waals surface area contributed by atoms with Crippen LogP contribution >= 0.6 is 35.0 Å². The van der Waals surface area contributed by atoms with Crippen molar-refractivity contribution in [3.05, 3.63) is 88.4 Å². The molecule has 1 N–H and O–H groups in total. The zero-order valence-corrected chi connectivity index (χ0v) is 16.7. The molecule has 0 radical (unpaired) electrons. The fourth-order valence-electron chi connectivity index (χ4n) is 2.33. The number of halogens is 2. The fourth-order valence-corrected chi connectivity index (χ4v) is 3.43. The molecule has 0 atom stereocenters. The van der Waals surface area contributed by atoms with Gasteiger partial charge in [-0.1, -0.05) is 47.5 Å². The lowest BCUT2D eigenvalue weighted by atomic mass is 10.2. The van der Waals surface area contributed by atoms with Gasteiger partial charge in [-0.05, 0) is 48.5 Å². The molecule has 0 saturated heterocycles. The molecular weight excluding hydrogens is 401 g/mol. The third kappa shape index (κ3) is 5.67. The van der Waals surface area contributed by atoms with Crippen LogP contribution < -0.4 is 10.1 Å². The molecule has 1 amide bonds. The van der Waals surface area contributed by atoms with Crippen LogP contribution in [0.4, 0.5) is 5.69 Å². The second-order valence-corrected chi connectivity index (χ2v) is 7.54. The number of amides is 1. The summed E-state index contributed by atoms with van der Waals surface area (Å²) in [6.07, 6.45) is 0. The van der Waals surface area contributed by atoms with Crippen molar-refractivity contribution in [1.82, 2.24) is 0 Å². The highest BCUT2D eigenvalue weighted by Crippen LogP contribution is 2.30. The van der Waals surface area contributed by atoms with E-state index in [4.69, 9.17) is 27.9 Å². The molecule has 3 aromatic rings. The first-order valence-electron chi connectivity index (χ1n) is 8.29. The second kappa shape index (κ2) is 9.70. The largest absolute Gasteiger partial charge is 0.493 e.